The number of nitrogens with zero attached hydrogens (tertiary/aromatic N) is 2. The highest BCUT2D eigenvalue weighted by atomic mass is 16.4. The molecule has 1 amide bonds. The van der Waals surface area contributed by atoms with Crippen molar-refractivity contribution in [2.75, 3.05) is 13.1 Å². The number of aliphatic carboxylic acids is 1. The molecule has 0 bridgehead atoms. The molecule has 2 unspecified atom stereocenters. The Morgan fingerprint density at radius 1 is 1.15 bits per heavy atom. The number of carbonyl (C=O) groups is 2. The second-order valence-corrected chi connectivity index (χ2v) is 7.65. The lowest BCUT2D eigenvalue weighted by Gasteiger charge is -2.19. The summed E-state index contributed by atoms with van der Waals surface area (Å²) in [5, 5.41) is 9.71. The van der Waals surface area contributed by atoms with E-state index < -0.39 is 11.9 Å². The number of pyridine rings is 1. The highest BCUT2D eigenvalue weighted by Gasteiger charge is 2.41. The van der Waals surface area contributed by atoms with E-state index in [1.165, 1.54) is 0 Å². The molecule has 27 heavy (non-hydrogen) atoms. The van der Waals surface area contributed by atoms with Gasteiger partial charge >= 0.3 is 5.97 Å². The van der Waals surface area contributed by atoms with E-state index in [0.717, 1.165) is 48.1 Å². The predicted molar refractivity (Wildman–Crippen MR) is 102 cm³/mol. The van der Waals surface area contributed by atoms with Gasteiger partial charge in [0.15, 0.2) is 0 Å². The van der Waals surface area contributed by atoms with Crippen LogP contribution in [0.2, 0.25) is 0 Å². The topological polar surface area (TPSA) is 70.5 Å². The number of benzene rings is 1. The fraction of sp³-hybridized carbons (Fsp3) is 0.409. The zero-order valence-electron chi connectivity index (χ0n) is 15.5. The van der Waals surface area contributed by atoms with Crippen molar-refractivity contribution in [1.82, 2.24) is 9.88 Å². The Kier molecular flexibility index (Phi) is 4.68. The largest absolute Gasteiger partial charge is 0.481 e. The minimum absolute atomic E-state index is 0.113. The molecule has 1 aromatic heterocycles. The summed E-state index contributed by atoms with van der Waals surface area (Å²) in [5.74, 6) is -1.72. The Morgan fingerprint density at radius 3 is 2.70 bits per heavy atom. The first kappa shape index (κ1) is 17.7. The van der Waals surface area contributed by atoms with Crippen LogP contribution in [-0.2, 0) is 17.6 Å². The van der Waals surface area contributed by atoms with Gasteiger partial charge in [0.1, 0.15) is 0 Å². The van der Waals surface area contributed by atoms with Gasteiger partial charge in [-0.05, 0) is 55.4 Å². The van der Waals surface area contributed by atoms with Gasteiger partial charge in [0.25, 0.3) is 5.91 Å². The number of hydrogen-bond acceptors (Lipinski definition) is 3. The molecule has 1 aliphatic heterocycles. The summed E-state index contributed by atoms with van der Waals surface area (Å²) in [5.41, 5.74) is 4.92. The number of rotatable bonds is 3. The zero-order valence-corrected chi connectivity index (χ0v) is 15.5. The lowest BCUT2D eigenvalue weighted by atomic mass is 9.86. The van der Waals surface area contributed by atoms with E-state index in [-0.39, 0.29) is 18.4 Å². The molecular formula is C22H24N2O3. The minimum atomic E-state index is -0.845. The first-order valence-corrected chi connectivity index (χ1v) is 9.60. The van der Waals surface area contributed by atoms with Gasteiger partial charge in [0.05, 0.1) is 11.5 Å². The first-order chi connectivity index (χ1) is 13.0. The maximum Gasteiger partial charge on any atom is 0.308 e. The quantitative estimate of drug-likeness (QED) is 0.908. The number of aryl methyl sites for hydroxylation is 3. The second kappa shape index (κ2) is 7.14. The maximum atomic E-state index is 13.1. The molecule has 2 heterocycles. The second-order valence-electron chi connectivity index (χ2n) is 7.65. The molecule has 4 rings (SSSR count). The highest BCUT2D eigenvalue weighted by Crippen LogP contribution is 2.35. The summed E-state index contributed by atoms with van der Waals surface area (Å²) < 4.78 is 0. The van der Waals surface area contributed by atoms with Crippen LogP contribution >= 0.6 is 0 Å². The van der Waals surface area contributed by atoms with Crippen LogP contribution in [0.4, 0.5) is 0 Å². The van der Waals surface area contributed by atoms with Crippen molar-refractivity contribution in [2.24, 2.45) is 5.92 Å². The third kappa shape index (κ3) is 3.34. The molecule has 1 saturated heterocycles. The lowest BCUT2D eigenvalue weighted by Crippen LogP contribution is -2.30. The Labute approximate surface area is 159 Å². The normalized spacial score (nSPS) is 21.7. The van der Waals surface area contributed by atoms with Gasteiger partial charge in [-0.1, -0.05) is 24.3 Å². The molecule has 1 aliphatic carbocycles. The smallest absolute Gasteiger partial charge is 0.308 e. The van der Waals surface area contributed by atoms with E-state index in [0.29, 0.717) is 12.1 Å². The lowest BCUT2D eigenvalue weighted by molar-refractivity contribution is -0.141. The molecule has 1 fully saturated rings. The summed E-state index contributed by atoms with van der Waals surface area (Å²) >= 11 is 0. The van der Waals surface area contributed by atoms with Crippen LogP contribution in [-0.4, -0.2) is 40.0 Å². The van der Waals surface area contributed by atoms with E-state index in [4.69, 9.17) is 0 Å². The number of carboxylic acid groups (broad SMARTS) is 1. The molecule has 1 N–H and O–H groups in total. The standard InChI is InChI=1S/C22H24N2O3/c1-14-6-2-4-8-17(14)18-12-24(13-19(18)22(26)27)21(25)16-10-15-7-3-5-9-20(15)23-11-16/h2,4,6,8,10-11,18-19H,3,5,7,9,12-13H2,1H3,(H,26,27). The molecule has 2 aromatic rings. The van der Waals surface area contributed by atoms with Crippen molar-refractivity contribution in [2.45, 2.75) is 38.5 Å². The van der Waals surface area contributed by atoms with Crippen molar-refractivity contribution in [3.05, 3.63) is 64.5 Å². The summed E-state index contributed by atoms with van der Waals surface area (Å²) in [6, 6.07) is 9.81. The van der Waals surface area contributed by atoms with Crippen LogP contribution in [0.25, 0.3) is 0 Å². The van der Waals surface area contributed by atoms with Crippen LogP contribution in [0.3, 0.4) is 0 Å². The fourth-order valence-corrected chi connectivity index (χ4v) is 4.43. The predicted octanol–water partition coefficient (Wildman–Crippen LogP) is 3.21. The molecule has 5 heteroatoms. The summed E-state index contributed by atoms with van der Waals surface area (Å²) in [7, 11) is 0. The molecule has 1 aromatic carbocycles. The molecule has 140 valence electrons. The van der Waals surface area contributed by atoms with Gasteiger partial charge in [-0.2, -0.15) is 0 Å². The maximum absolute atomic E-state index is 13.1. The van der Waals surface area contributed by atoms with Crippen LogP contribution in [0.5, 0.6) is 0 Å². The summed E-state index contributed by atoms with van der Waals surface area (Å²) in [6.07, 6.45) is 5.88. The van der Waals surface area contributed by atoms with Crippen molar-refractivity contribution < 1.29 is 14.7 Å². The van der Waals surface area contributed by atoms with E-state index >= 15 is 0 Å². The van der Waals surface area contributed by atoms with Crippen molar-refractivity contribution in [1.29, 1.82) is 0 Å². The Balaban J connectivity index is 1.60. The fourth-order valence-electron chi connectivity index (χ4n) is 4.43. The van der Waals surface area contributed by atoms with Crippen LogP contribution in [0.1, 0.15) is 51.5 Å². The van der Waals surface area contributed by atoms with Crippen LogP contribution in [0, 0.1) is 12.8 Å². The molecule has 0 saturated carbocycles. The summed E-state index contributed by atoms with van der Waals surface area (Å²) in [4.78, 5) is 31.1. The number of aromatic nitrogens is 1. The van der Waals surface area contributed by atoms with E-state index in [1.807, 2.05) is 37.3 Å². The average Bonchev–Trinajstić information content (AvgIpc) is 3.13. The average molecular weight is 364 g/mol. The van der Waals surface area contributed by atoms with Gasteiger partial charge < -0.3 is 10.0 Å². The third-order valence-corrected chi connectivity index (χ3v) is 5.93. The van der Waals surface area contributed by atoms with Crippen molar-refractivity contribution in [3.63, 3.8) is 0 Å². The molecule has 0 spiro atoms. The first-order valence-electron chi connectivity index (χ1n) is 9.60. The van der Waals surface area contributed by atoms with E-state index in [9.17, 15) is 14.7 Å². The van der Waals surface area contributed by atoms with Gasteiger partial charge in [-0.3, -0.25) is 14.6 Å². The Hall–Kier alpha value is -2.69. The van der Waals surface area contributed by atoms with Gasteiger partial charge in [-0.25, -0.2) is 0 Å². The summed E-state index contributed by atoms with van der Waals surface area (Å²) in [6.45, 7) is 2.66. The number of likely N-dealkylation sites (tertiary alicyclic amines) is 1. The van der Waals surface area contributed by atoms with E-state index in [1.54, 1.807) is 11.1 Å². The van der Waals surface area contributed by atoms with Crippen LogP contribution < -0.4 is 0 Å². The SMILES string of the molecule is Cc1ccccc1C1CN(C(=O)c2cnc3c(c2)CCCC3)CC1C(=O)O. The molecular weight excluding hydrogens is 340 g/mol. The van der Waals surface area contributed by atoms with Crippen molar-refractivity contribution in [3.8, 4) is 0 Å². The van der Waals surface area contributed by atoms with E-state index in [2.05, 4.69) is 4.98 Å². The third-order valence-electron chi connectivity index (χ3n) is 5.93. The molecule has 2 aliphatic rings. The van der Waals surface area contributed by atoms with Crippen LogP contribution in [0.15, 0.2) is 36.5 Å². The van der Waals surface area contributed by atoms with Crippen molar-refractivity contribution >= 4 is 11.9 Å². The monoisotopic (exact) mass is 364 g/mol. The molecule has 5 nitrogen and oxygen atoms in total. The van der Waals surface area contributed by atoms with Gasteiger partial charge in [0.2, 0.25) is 0 Å². The highest BCUT2D eigenvalue weighted by molar-refractivity contribution is 5.95. The molecule has 0 radical (unpaired) electrons. The van der Waals surface area contributed by atoms with Gasteiger partial charge in [0, 0.05) is 30.9 Å². The number of hydrogen-bond donors (Lipinski definition) is 1. The Morgan fingerprint density at radius 2 is 1.93 bits per heavy atom. The number of carboxylic acids is 1. The minimum Gasteiger partial charge on any atom is -0.481 e. The van der Waals surface area contributed by atoms with Gasteiger partial charge in [-0.15, -0.1) is 0 Å². The zero-order chi connectivity index (χ0) is 19.0. The Bertz CT molecular complexity index is 893. The molecule has 2 atom stereocenters. The number of carbonyl (C=O) groups excluding carboxylic acids is 1. The number of fused-ring (bicyclic) bond motifs is 1. The number of amides is 1.